The highest BCUT2D eigenvalue weighted by atomic mass is 35.5. The molecule has 2 N–H and O–H groups in total. The van der Waals surface area contributed by atoms with Crippen LogP contribution in [0.1, 0.15) is 21.5 Å². The molecule has 4 aromatic rings. The number of aromatic nitrogens is 3. The van der Waals surface area contributed by atoms with Gasteiger partial charge in [0.25, 0.3) is 5.69 Å². The van der Waals surface area contributed by atoms with E-state index in [1.165, 1.54) is 23.9 Å². The maximum absolute atomic E-state index is 11.5. The summed E-state index contributed by atoms with van der Waals surface area (Å²) in [6, 6.07) is 21.4. The lowest BCUT2D eigenvalue weighted by atomic mass is 10.1. The Kier molecular flexibility index (Phi) is 6.71. The molecule has 4 rings (SSSR count). The standard InChI is InChI=1S/C23H18ClN5O3S/c24-19-10-8-16(9-11-19)22-26-27-23(28(22)13-15-4-2-1-3-5-15)33-14-18-7-6-17(21(25)30)12-20(18)29(31)32/h1-12H,13-14H2,(H2,25,30). The highest BCUT2D eigenvalue weighted by molar-refractivity contribution is 7.98. The van der Waals surface area contributed by atoms with E-state index in [0.29, 0.717) is 28.1 Å². The largest absolute Gasteiger partial charge is 0.366 e. The Bertz CT molecular complexity index is 1310. The Balaban J connectivity index is 1.67. The molecule has 0 aliphatic rings. The van der Waals surface area contributed by atoms with Crippen LogP contribution in [0, 0.1) is 10.1 Å². The smallest absolute Gasteiger partial charge is 0.274 e. The van der Waals surface area contributed by atoms with Gasteiger partial charge in [0, 0.05) is 33.5 Å². The fraction of sp³-hybridized carbons (Fsp3) is 0.0870. The molecule has 0 spiro atoms. The summed E-state index contributed by atoms with van der Waals surface area (Å²) in [5, 5.41) is 21.5. The first-order valence-corrected chi connectivity index (χ1v) is 11.2. The topological polar surface area (TPSA) is 117 Å². The molecule has 1 aromatic heterocycles. The summed E-state index contributed by atoms with van der Waals surface area (Å²) in [5.74, 6) is 0.215. The van der Waals surface area contributed by atoms with Crippen LogP contribution < -0.4 is 5.73 Å². The summed E-state index contributed by atoms with van der Waals surface area (Å²) < 4.78 is 1.97. The summed E-state index contributed by atoms with van der Waals surface area (Å²) in [6.07, 6.45) is 0. The fourth-order valence-electron chi connectivity index (χ4n) is 3.27. The molecule has 0 aliphatic carbocycles. The van der Waals surface area contributed by atoms with Crippen molar-refractivity contribution < 1.29 is 9.72 Å². The molecule has 1 amide bonds. The van der Waals surface area contributed by atoms with Crippen LogP contribution in [0.2, 0.25) is 5.02 Å². The first kappa shape index (κ1) is 22.5. The van der Waals surface area contributed by atoms with E-state index >= 15 is 0 Å². The number of nitrogens with two attached hydrogens (primary N) is 1. The zero-order valence-corrected chi connectivity index (χ0v) is 18.8. The number of carbonyl (C=O) groups excluding carboxylic acids is 1. The summed E-state index contributed by atoms with van der Waals surface area (Å²) in [7, 11) is 0. The molecule has 10 heteroatoms. The minimum absolute atomic E-state index is 0.0905. The van der Waals surface area contributed by atoms with Gasteiger partial charge >= 0.3 is 0 Å². The minimum Gasteiger partial charge on any atom is -0.366 e. The van der Waals surface area contributed by atoms with Crippen LogP contribution in [-0.2, 0) is 12.3 Å². The highest BCUT2D eigenvalue weighted by Gasteiger charge is 2.20. The Hall–Kier alpha value is -3.69. The van der Waals surface area contributed by atoms with Gasteiger partial charge in [-0.1, -0.05) is 59.8 Å². The van der Waals surface area contributed by atoms with Crippen molar-refractivity contribution >= 4 is 35.0 Å². The van der Waals surface area contributed by atoms with Crippen molar-refractivity contribution in [1.29, 1.82) is 0 Å². The summed E-state index contributed by atoms with van der Waals surface area (Å²) in [4.78, 5) is 22.4. The molecule has 0 fully saturated rings. The molecule has 8 nitrogen and oxygen atoms in total. The van der Waals surface area contributed by atoms with Crippen molar-refractivity contribution in [1.82, 2.24) is 14.8 Å². The molecule has 0 bridgehead atoms. The lowest BCUT2D eigenvalue weighted by Crippen LogP contribution is -2.11. The van der Waals surface area contributed by atoms with E-state index in [-0.39, 0.29) is 17.0 Å². The van der Waals surface area contributed by atoms with Crippen LogP contribution in [0.25, 0.3) is 11.4 Å². The second-order valence-electron chi connectivity index (χ2n) is 7.14. The van der Waals surface area contributed by atoms with Crippen LogP contribution in [0.5, 0.6) is 0 Å². The summed E-state index contributed by atoms with van der Waals surface area (Å²) >= 11 is 7.36. The number of thioether (sulfide) groups is 1. The molecular weight excluding hydrogens is 462 g/mol. The van der Waals surface area contributed by atoms with E-state index in [4.69, 9.17) is 17.3 Å². The lowest BCUT2D eigenvalue weighted by Gasteiger charge is -2.11. The third kappa shape index (κ3) is 5.21. The number of hydrogen-bond acceptors (Lipinski definition) is 6. The third-order valence-electron chi connectivity index (χ3n) is 4.93. The molecule has 33 heavy (non-hydrogen) atoms. The van der Waals surface area contributed by atoms with Crippen molar-refractivity contribution in [2.75, 3.05) is 0 Å². The number of halogens is 1. The van der Waals surface area contributed by atoms with Gasteiger partial charge in [-0.25, -0.2) is 0 Å². The molecule has 0 aliphatic heterocycles. The molecule has 166 valence electrons. The quantitative estimate of drug-likeness (QED) is 0.217. The van der Waals surface area contributed by atoms with Crippen molar-refractivity contribution in [2.24, 2.45) is 5.73 Å². The van der Waals surface area contributed by atoms with Crippen molar-refractivity contribution in [3.63, 3.8) is 0 Å². The highest BCUT2D eigenvalue weighted by Crippen LogP contribution is 2.31. The van der Waals surface area contributed by atoms with Crippen molar-refractivity contribution in [3.8, 4) is 11.4 Å². The normalized spacial score (nSPS) is 10.8. The summed E-state index contributed by atoms with van der Waals surface area (Å²) in [5.41, 5.74) is 7.56. The van der Waals surface area contributed by atoms with E-state index in [2.05, 4.69) is 10.2 Å². The zero-order chi connectivity index (χ0) is 23.4. The number of nitro benzene ring substituents is 1. The third-order valence-corrected chi connectivity index (χ3v) is 6.19. The minimum atomic E-state index is -0.715. The van der Waals surface area contributed by atoms with Gasteiger partial charge in [-0.15, -0.1) is 10.2 Å². The number of hydrogen-bond donors (Lipinski definition) is 1. The Morgan fingerprint density at radius 3 is 2.45 bits per heavy atom. The van der Waals surface area contributed by atoms with E-state index in [0.717, 1.165) is 11.1 Å². The number of rotatable bonds is 8. The molecule has 3 aromatic carbocycles. The van der Waals surface area contributed by atoms with E-state index in [9.17, 15) is 14.9 Å². The van der Waals surface area contributed by atoms with Gasteiger partial charge in [0.2, 0.25) is 5.91 Å². The number of nitro groups is 1. The Labute approximate surface area is 198 Å². The number of amides is 1. The first-order valence-electron chi connectivity index (χ1n) is 9.85. The predicted octanol–water partition coefficient (Wildman–Crippen LogP) is 4.95. The molecule has 0 radical (unpaired) electrons. The van der Waals surface area contributed by atoms with Gasteiger partial charge in [0.05, 0.1) is 11.5 Å². The van der Waals surface area contributed by atoms with Gasteiger partial charge in [-0.2, -0.15) is 0 Å². The molecule has 0 unspecified atom stereocenters. The second-order valence-corrected chi connectivity index (χ2v) is 8.52. The molecule has 0 saturated heterocycles. The average Bonchev–Trinajstić information content (AvgIpc) is 3.20. The lowest BCUT2D eigenvalue weighted by molar-refractivity contribution is -0.385. The number of benzene rings is 3. The van der Waals surface area contributed by atoms with Crippen LogP contribution in [0.15, 0.2) is 78.0 Å². The molecule has 1 heterocycles. The molecule has 0 saturated carbocycles. The average molecular weight is 480 g/mol. The number of primary amides is 1. The number of carbonyl (C=O) groups is 1. The van der Waals surface area contributed by atoms with Gasteiger partial charge in [0.1, 0.15) is 0 Å². The Morgan fingerprint density at radius 1 is 1.06 bits per heavy atom. The second kappa shape index (κ2) is 9.85. The van der Waals surface area contributed by atoms with Crippen LogP contribution in [0.3, 0.4) is 0 Å². The zero-order valence-electron chi connectivity index (χ0n) is 17.2. The van der Waals surface area contributed by atoms with Crippen molar-refractivity contribution in [2.45, 2.75) is 17.5 Å². The molecular formula is C23H18ClN5O3S. The van der Waals surface area contributed by atoms with Gasteiger partial charge in [-0.3, -0.25) is 19.5 Å². The molecule has 0 atom stereocenters. The van der Waals surface area contributed by atoms with E-state index < -0.39 is 10.8 Å². The van der Waals surface area contributed by atoms with E-state index in [1.54, 1.807) is 18.2 Å². The van der Waals surface area contributed by atoms with E-state index in [1.807, 2.05) is 47.0 Å². The summed E-state index contributed by atoms with van der Waals surface area (Å²) in [6.45, 7) is 0.525. The monoisotopic (exact) mass is 479 g/mol. The number of nitrogens with zero attached hydrogens (tertiary/aromatic N) is 4. The van der Waals surface area contributed by atoms with Gasteiger partial charge < -0.3 is 5.73 Å². The Morgan fingerprint density at radius 2 is 1.79 bits per heavy atom. The maximum atomic E-state index is 11.5. The maximum Gasteiger partial charge on any atom is 0.274 e. The SMILES string of the molecule is NC(=O)c1ccc(CSc2nnc(-c3ccc(Cl)cc3)n2Cc2ccccc2)c([N+](=O)[O-])c1. The van der Waals surface area contributed by atoms with Gasteiger partial charge in [0.15, 0.2) is 11.0 Å². The van der Waals surface area contributed by atoms with Gasteiger partial charge in [-0.05, 0) is 35.9 Å². The van der Waals surface area contributed by atoms with Crippen LogP contribution in [0.4, 0.5) is 5.69 Å². The van der Waals surface area contributed by atoms with Crippen LogP contribution >= 0.6 is 23.4 Å². The predicted molar refractivity (Wildman–Crippen MR) is 127 cm³/mol. The van der Waals surface area contributed by atoms with Crippen molar-refractivity contribution in [3.05, 3.63) is 105 Å². The van der Waals surface area contributed by atoms with Crippen LogP contribution in [-0.4, -0.2) is 25.6 Å². The fourth-order valence-corrected chi connectivity index (χ4v) is 4.33. The first-order chi connectivity index (χ1) is 15.9.